The number of nitrogens with zero attached hydrogens (tertiary/aromatic N) is 1. The first-order valence-corrected chi connectivity index (χ1v) is 9.29. The maximum absolute atomic E-state index is 12.6. The summed E-state index contributed by atoms with van der Waals surface area (Å²) in [6.07, 6.45) is 4.27. The maximum atomic E-state index is 12.6. The smallest absolute Gasteiger partial charge is 0.243 e. The molecular weight excluding hydrogens is 310 g/mol. The molecule has 0 aliphatic heterocycles. The van der Waals surface area contributed by atoms with Crippen molar-refractivity contribution in [3.05, 3.63) is 16.1 Å². The molecular formula is C17H27N3O2S. The Kier molecular flexibility index (Phi) is 6.16. The second-order valence-corrected chi connectivity index (χ2v) is 7.61. The molecule has 1 aliphatic rings. The summed E-state index contributed by atoms with van der Waals surface area (Å²) in [5, 5.41) is 8.94. The van der Waals surface area contributed by atoms with Gasteiger partial charge in [-0.05, 0) is 25.7 Å². The molecule has 6 heteroatoms. The zero-order chi connectivity index (χ0) is 17.0. The number of amides is 2. The van der Waals surface area contributed by atoms with Gasteiger partial charge in [0.25, 0.3) is 0 Å². The lowest BCUT2D eigenvalue weighted by Crippen LogP contribution is -2.50. The number of thiazole rings is 1. The van der Waals surface area contributed by atoms with E-state index in [1.54, 1.807) is 11.3 Å². The summed E-state index contributed by atoms with van der Waals surface area (Å²) in [4.78, 5) is 28.7. The highest BCUT2D eigenvalue weighted by Gasteiger charge is 2.32. The van der Waals surface area contributed by atoms with Crippen molar-refractivity contribution in [1.82, 2.24) is 15.6 Å². The fourth-order valence-corrected chi connectivity index (χ4v) is 3.98. The van der Waals surface area contributed by atoms with Gasteiger partial charge in [0.15, 0.2) is 0 Å². The average molecular weight is 337 g/mol. The van der Waals surface area contributed by atoms with E-state index in [1.165, 1.54) is 6.92 Å². The lowest BCUT2D eigenvalue weighted by molar-refractivity contribution is -0.129. The fourth-order valence-electron chi connectivity index (χ4n) is 3.05. The molecule has 1 fully saturated rings. The Bertz CT molecular complexity index is 550. The molecule has 0 unspecified atom stereocenters. The van der Waals surface area contributed by atoms with Gasteiger partial charge >= 0.3 is 0 Å². The van der Waals surface area contributed by atoms with E-state index in [2.05, 4.69) is 29.5 Å². The van der Waals surface area contributed by atoms with Crippen molar-refractivity contribution in [3.8, 4) is 0 Å². The van der Waals surface area contributed by atoms with Gasteiger partial charge in [0.1, 0.15) is 6.04 Å². The second kappa shape index (κ2) is 7.90. The summed E-state index contributed by atoms with van der Waals surface area (Å²) in [6, 6.07) is -0.579. The molecule has 2 rings (SSSR count). The average Bonchev–Trinajstić information content (AvgIpc) is 3.15. The summed E-state index contributed by atoms with van der Waals surface area (Å²) >= 11 is 1.63. The third-order valence-corrected chi connectivity index (χ3v) is 5.51. The van der Waals surface area contributed by atoms with E-state index in [9.17, 15) is 9.59 Å². The number of nitrogens with one attached hydrogen (secondary N) is 2. The van der Waals surface area contributed by atoms with Crippen LogP contribution < -0.4 is 10.6 Å². The Labute approximate surface area is 142 Å². The lowest BCUT2D eigenvalue weighted by Gasteiger charge is -2.25. The molecule has 2 amide bonds. The Morgan fingerprint density at radius 3 is 2.39 bits per heavy atom. The van der Waals surface area contributed by atoms with Crippen LogP contribution in [-0.4, -0.2) is 22.8 Å². The molecule has 1 aromatic rings. The topological polar surface area (TPSA) is 71.1 Å². The van der Waals surface area contributed by atoms with Crippen molar-refractivity contribution in [3.63, 3.8) is 0 Å². The molecule has 128 valence electrons. The largest absolute Gasteiger partial charge is 0.346 e. The van der Waals surface area contributed by atoms with Crippen LogP contribution in [0, 0.1) is 5.92 Å². The molecule has 2 atom stereocenters. The zero-order valence-corrected chi connectivity index (χ0v) is 15.2. The second-order valence-electron chi connectivity index (χ2n) is 6.72. The van der Waals surface area contributed by atoms with Crippen LogP contribution in [0.2, 0.25) is 0 Å². The van der Waals surface area contributed by atoms with Gasteiger partial charge in [0.05, 0.1) is 16.7 Å². The number of rotatable bonds is 6. The molecule has 0 aromatic carbocycles. The van der Waals surface area contributed by atoms with E-state index in [0.29, 0.717) is 5.92 Å². The number of hydrogen-bond donors (Lipinski definition) is 2. The first-order valence-electron chi connectivity index (χ1n) is 8.41. The van der Waals surface area contributed by atoms with Crippen molar-refractivity contribution in [2.24, 2.45) is 5.92 Å². The van der Waals surface area contributed by atoms with Crippen LogP contribution in [0.3, 0.4) is 0 Å². The zero-order valence-electron chi connectivity index (χ0n) is 14.4. The van der Waals surface area contributed by atoms with Crippen LogP contribution in [0.5, 0.6) is 0 Å². The van der Waals surface area contributed by atoms with E-state index >= 15 is 0 Å². The minimum absolute atomic E-state index is 0.0984. The van der Waals surface area contributed by atoms with Gasteiger partial charge in [-0.1, -0.05) is 26.7 Å². The highest BCUT2D eigenvalue weighted by molar-refractivity contribution is 7.09. The van der Waals surface area contributed by atoms with Gasteiger partial charge in [0, 0.05) is 18.2 Å². The number of carbonyl (C=O) groups is 2. The molecule has 2 N–H and O–H groups in total. The summed E-state index contributed by atoms with van der Waals surface area (Å²) in [6.45, 7) is 7.63. The van der Waals surface area contributed by atoms with Crippen molar-refractivity contribution in [2.75, 3.05) is 0 Å². The predicted molar refractivity (Wildman–Crippen MR) is 92.3 cm³/mol. The molecule has 0 radical (unpaired) electrons. The highest BCUT2D eigenvalue weighted by Crippen LogP contribution is 2.28. The molecule has 0 spiro atoms. The van der Waals surface area contributed by atoms with Gasteiger partial charge in [-0.25, -0.2) is 4.98 Å². The quantitative estimate of drug-likeness (QED) is 0.838. The van der Waals surface area contributed by atoms with Gasteiger partial charge < -0.3 is 10.6 Å². The molecule has 0 saturated heterocycles. The van der Waals surface area contributed by atoms with E-state index in [4.69, 9.17) is 0 Å². The molecule has 0 bridgehead atoms. The van der Waals surface area contributed by atoms with Crippen LogP contribution in [0.15, 0.2) is 5.38 Å². The van der Waals surface area contributed by atoms with Gasteiger partial charge in [-0.2, -0.15) is 0 Å². The Hall–Kier alpha value is -1.43. The molecule has 1 aliphatic carbocycles. The fraction of sp³-hybridized carbons (Fsp3) is 0.706. The lowest BCUT2D eigenvalue weighted by atomic mass is 9.97. The third-order valence-electron chi connectivity index (χ3n) is 4.35. The Morgan fingerprint density at radius 1 is 1.22 bits per heavy atom. The first-order chi connectivity index (χ1) is 10.9. The normalized spacial score (nSPS) is 18.0. The highest BCUT2D eigenvalue weighted by atomic mass is 32.1. The predicted octanol–water partition coefficient (Wildman–Crippen LogP) is 3.14. The van der Waals surface area contributed by atoms with Crippen molar-refractivity contribution >= 4 is 23.2 Å². The molecule has 1 heterocycles. The molecule has 1 saturated carbocycles. The van der Waals surface area contributed by atoms with Crippen LogP contribution >= 0.6 is 11.3 Å². The van der Waals surface area contributed by atoms with Gasteiger partial charge in [0.2, 0.25) is 11.8 Å². The molecule has 1 aromatic heterocycles. The van der Waals surface area contributed by atoms with Crippen molar-refractivity contribution in [2.45, 2.75) is 71.4 Å². The number of hydrogen-bond acceptors (Lipinski definition) is 4. The monoisotopic (exact) mass is 337 g/mol. The summed E-state index contributed by atoms with van der Waals surface area (Å²) < 4.78 is 0. The maximum Gasteiger partial charge on any atom is 0.243 e. The summed E-state index contributed by atoms with van der Waals surface area (Å²) in [5.41, 5.74) is 0.889. The Balaban J connectivity index is 2.02. The van der Waals surface area contributed by atoms with Crippen molar-refractivity contribution in [1.29, 1.82) is 0 Å². The Morgan fingerprint density at radius 2 is 1.87 bits per heavy atom. The van der Waals surface area contributed by atoms with E-state index in [0.717, 1.165) is 36.4 Å². The van der Waals surface area contributed by atoms with Gasteiger partial charge in [-0.15, -0.1) is 11.3 Å². The van der Waals surface area contributed by atoms with Gasteiger partial charge in [-0.3, -0.25) is 9.59 Å². The minimum atomic E-state index is -0.430. The van der Waals surface area contributed by atoms with Crippen LogP contribution in [0.25, 0.3) is 0 Å². The first kappa shape index (κ1) is 17.9. The van der Waals surface area contributed by atoms with Crippen LogP contribution in [0.4, 0.5) is 0 Å². The van der Waals surface area contributed by atoms with Crippen LogP contribution in [0.1, 0.15) is 76.0 Å². The standard InChI is InChI=1S/C17H27N3O2S/c1-10(2)17-20-14(9-23-17)11(3)18-16(22)15(19-12(4)21)13-7-5-6-8-13/h9-11,13,15H,5-8H2,1-4H3,(H,18,22)(H,19,21)/t11-,15-/m0/s1. The summed E-state index contributed by atoms with van der Waals surface area (Å²) in [7, 11) is 0. The van der Waals surface area contributed by atoms with Crippen molar-refractivity contribution < 1.29 is 9.59 Å². The van der Waals surface area contributed by atoms with E-state index in [-0.39, 0.29) is 23.8 Å². The van der Waals surface area contributed by atoms with E-state index in [1.807, 2.05) is 12.3 Å². The molecule has 23 heavy (non-hydrogen) atoms. The number of carbonyl (C=O) groups excluding carboxylic acids is 2. The third kappa shape index (κ3) is 4.77. The molecule has 5 nitrogen and oxygen atoms in total. The minimum Gasteiger partial charge on any atom is -0.346 e. The summed E-state index contributed by atoms with van der Waals surface area (Å²) in [5.74, 6) is 0.383. The van der Waals surface area contributed by atoms with E-state index < -0.39 is 6.04 Å². The SMILES string of the molecule is CC(=O)N[C@H](C(=O)N[C@@H](C)c1csc(C(C)C)n1)C1CCCC1. The number of aromatic nitrogens is 1. The van der Waals surface area contributed by atoms with Crippen LogP contribution in [-0.2, 0) is 9.59 Å².